The van der Waals surface area contributed by atoms with E-state index in [1.807, 2.05) is 6.07 Å². The van der Waals surface area contributed by atoms with Crippen LogP contribution in [0.5, 0.6) is 0 Å². The standard InChI is InChI=1S/C15H19ClN2O3S/c1-21-7-3-2-6-17-14(19)9-13-15(20)18-11-8-10(16)4-5-12(11)22-13/h4-5,8,13H,2-3,6-7,9H2,1H3,(H,17,19)(H,18,20). The summed E-state index contributed by atoms with van der Waals surface area (Å²) >= 11 is 7.30. The summed E-state index contributed by atoms with van der Waals surface area (Å²) in [6, 6.07) is 5.35. The van der Waals surface area contributed by atoms with Gasteiger partial charge in [-0.15, -0.1) is 11.8 Å². The van der Waals surface area contributed by atoms with Gasteiger partial charge in [0, 0.05) is 36.6 Å². The molecular weight excluding hydrogens is 324 g/mol. The Hall–Kier alpha value is -1.24. The zero-order chi connectivity index (χ0) is 15.9. The van der Waals surface area contributed by atoms with Gasteiger partial charge in [0.1, 0.15) is 0 Å². The molecule has 0 saturated heterocycles. The number of carbonyl (C=O) groups excluding carboxylic acids is 2. The van der Waals surface area contributed by atoms with Gasteiger partial charge in [-0.05, 0) is 31.0 Å². The van der Waals surface area contributed by atoms with E-state index in [4.69, 9.17) is 16.3 Å². The van der Waals surface area contributed by atoms with Gasteiger partial charge in [-0.25, -0.2) is 0 Å². The van der Waals surface area contributed by atoms with Crippen molar-refractivity contribution in [1.82, 2.24) is 5.32 Å². The number of amides is 2. The van der Waals surface area contributed by atoms with Crippen molar-refractivity contribution in [1.29, 1.82) is 0 Å². The quantitative estimate of drug-likeness (QED) is 0.748. The molecule has 22 heavy (non-hydrogen) atoms. The number of methoxy groups -OCH3 is 1. The Kier molecular flexibility index (Phi) is 6.54. The molecule has 2 N–H and O–H groups in total. The third-order valence-corrected chi connectivity index (χ3v) is 4.74. The number of nitrogens with one attached hydrogen (secondary N) is 2. The van der Waals surface area contributed by atoms with E-state index in [2.05, 4.69) is 10.6 Å². The number of halogens is 1. The minimum Gasteiger partial charge on any atom is -0.385 e. The summed E-state index contributed by atoms with van der Waals surface area (Å²) < 4.78 is 4.95. The third kappa shape index (κ3) is 4.90. The Morgan fingerprint density at radius 2 is 2.27 bits per heavy atom. The first-order chi connectivity index (χ1) is 10.6. The molecule has 7 heteroatoms. The lowest BCUT2D eigenvalue weighted by Gasteiger charge is -2.23. The van der Waals surface area contributed by atoms with Crippen LogP contribution in [0.1, 0.15) is 19.3 Å². The molecule has 0 aliphatic carbocycles. The minimum absolute atomic E-state index is 0.109. The maximum Gasteiger partial charge on any atom is 0.238 e. The lowest BCUT2D eigenvalue weighted by atomic mass is 10.2. The Morgan fingerprint density at radius 1 is 1.45 bits per heavy atom. The molecule has 0 bridgehead atoms. The minimum atomic E-state index is -0.410. The summed E-state index contributed by atoms with van der Waals surface area (Å²) in [5, 5.41) is 5.80. The molecular formula is C15H19ClN2O3S. The van der Waals surface area contributed by atoms with Crippen LogP contribution in [-0.4, -0.2) is 37.3 Å². The molecule has 0 saturated carbocycles. The van der Waals surface area contributed by atoms with Crippen molar-refractivity contribution in [2.45, 2.75) is 29.4 Å². The lowest BCUT2D eigenvalue weighted by Crippen LogP contribution is -2.35. The number of hydrogen-bond acceptors (Lipinski definition) is 4. The fourth-order valence-electron chi connectivity index (χ4n) is 2.10. The molecule has 0 aromatic heterocycles. The highest BCUT2D eigenvalue weighted by Gasteiger charge is 2.28. The predicted octanol–water partition coefficient (Wildman–Crippen LogP) is 2.69. The van der Waals surface area contributed by atoms with Crippen LogP contribution in [0.4, 0.5) is 5.69 Å². The number of ether oxygens (including phenoxy) is 1. The largest absolute Gasteiger partial charge is 0.385 e. The van der Waals surface area contributed by atoms with Crippen molar-refractivity contribution >= 4 is 40.9 Å². The Bertz CT molecular complexity index is 554. The number of benzene rings is 1. The normalized spacial score (nSPS) is 16.8. The fraction of sp³-hybridized carbons (Fsp3) is 0.467. The Morgan fingerprint density at radius 3 is 3.05 bits per heavy atom. The van der Waals surface area contributed by atoms with Crippen LogP contribution < -0.4 is 10.6 Å². The molecule has 120 valence electrons. The second-order valence-electron chi connectivity index (χ2n) is 4.99. The first-order valence-corrected chi connectivity index (χ1v) is 8.38. The summed E-state index contributed by atoms with van der Waals surface area (Å²) in [7, 11) is 1.66. The van der Waals surface area contributed by atoms with Crippen LogP contribution in [-0.2, 0) is 14.3 Å². The summed E-state index contributed by atoms with van der Waals surface area (Å²) in [4.78, 5) is 24.9. The van der Waals surface area contributed by atoms with Gasteiger partial charge in [0.05, 0.1) is 10.9 Å². The molecule has 1 aromatic carbocycles. The van der Waals surface area contributed by atoms with E-state index in [-0.39, 0.29) is 18.2 Å². The maximum atomic E-state index is 12.0. The smallest absolute Gasteiger partial charge is 0.238 e. The van der Waals surface area contributed by atoms with Gasteiger partial charge in [0.2, 0.25) is 11.8 Å². The van der Waals surface area contributed by atoms with E-state index in [0.29, 0.717) is 23.9 Å². The molecule has 0 radical (unpaired) electrons. The highest BCUT2D eigenvalue weighted by atomic mass is 35.5. The van der Waals surface area contributed by atoms with Gasteiger partial charge in [0.25, 0.3) is 0 Å². The topological polar surface area (TPSA) is 67.4 Å². The van der Waals surface area contributed by atoms with Crippen molar-refractivity contribution in [3.63, 3.8) is 0 Å². The van der Waals surface area contributed by atoms with Gasteiger partial charge in [0.15, 0.2) is 0 Å². The molecule has 0 spiro atoms. The molecule has 5 nitrogen and oxygen atoms in total. The third-order valence-electron chi connectivity index (χ3n) is 3.23. The maximum absolute atomic E-state index is 12.0. The van der Waals surface area contributed by atoms with E-state index in [1.165, 1.54) is 11.8 Å². The lowest BCUT2D eigenvalue weighted by molar-refractivity contribution is -0.124. The SMILES string of the molecule is COCCCCNC(=O)CC1Sc2ccc(Cl)cc2NC1=O. The molecule has 1 heterocycles. The van der Waals surface area contributed by atoms with Gasteiger partial charge in [-0.1, -0.05) is 11.6 Å². The van der Waals surface area contributed by atoms with E-state index < -0.39 is 5.25 Å². The monoisotopic (exact) mass is 342 g/mol. The summed E-state index contributed by atoms with van der Waals surface area (Å²) in [5.41, 5.74) is 0.707. The van der Waals surface area contributed by atoms with Crippen LogP contribution in [0.25, 0.3) is 0 Å². The van der Waals surface area contributed by atoms with E-state index >= 15 is 0 Å². The van der Waals surface area contributed by atoms with Crippen LogP contribution in [0, 0.1) is 0 Å². The van der Waals surface area contributed by atoms with Gasteiger partial charge in [-0.3, -0.25) is 9.59 Å². The molecule has 1 aliphatic heterocycles. The van der Waals surface area contributed by atoms with Crippen LogP contribution in [0.15, 0.2) is 23.1 Å². The summed E-state index contributed by atoms with van der Waals surface area (Å²) in [6.07, 6.45) is 1.94. The summed E-state index contributed by atoms with van der Waals surface area (Å²) in [5.74, 6) is -0.267. The summed E-state index contributed by atoms with van der Waals surface area (Å²) in [6.45, 7) is 1.30. The van der Waals surface area contributed by atoms with Crippen molar-refractivity contribution in [3.8, 4) is 0 Å². The number of hydrogen-bond donors (Lipinski definition) is 2. The van der Waals surface area contributed by atoms with Crippen molar-refractivity contribution in [2.75, 3.05) is 25.6 Å². The van der Waals surface area contributed by atoms with E-state index in [1.54, 1.807) is 19.2 Å². The van der Waals surface area contributed by atoms with Crippen LogP contribution in [0.3, 0.4) is 0 Å². The number of carbonyl (C=O) groups is 2. The van der Waals surface area contributed by atoms with Crippen LogP contribution >= 0.6 is 23.4 Å². The van der Waals surface area contributed by atoms with Gasteiger partial charge < -0.3 is 15.4 Å². The van der Waals surface area contributed by atoms with E-state index in [9.17, 15) is 9.59 Å². The predicted molar refractivity (Wildman–Crippen MR) is 88.5 cm³/mol. The average Bonchev–Trinajstić information content (AvgIpc) is 2.48. The molecule has 1 aliphatic rings. The van der Waals surface area contributed by atoms with Crippen LogP contribution in [0.2, 0.25) is 5.02 Å². The zero-order valence-corrected chi connectivity index (χ0v) is 13.9. The number of fused-ring (bicyclic) bond motifs is 1. The molecule has 0 fully saturated rings. The highest BCUT2D eigenvalue weighted by Crippen LogP contribution is 2.38. The molecule has 1 atom stereocenters. The molecule has 1 unspecified atom stereocenters. The first-order valence-electron chi connectivity index (χ1n) is 7.13. The first kappa shape index (κ1) is 17.1. The highest BCUT2D eigenvalue weighted by molar-refractivity contribution is 8.01. The van der Waals surface area contributed by atoms with Gasteiger partial charge >= 0.3 is 0 Å². The number of rotatable bonds is 7. The number of anilines is 1. The molecule has 1 aromatic rings. The number of unbranched alkanes of at least 4 members (excludes halogenated alkanes) is 1. The zero-order valence-electron chi connectivity index (χ0n) is 12.4. The Balaban J connectivity index is 1.82. The molecule has 2 rings (SSSR count). The average molecular weight is 343 g/mol. The number of thioether (sulfide) groups is 1. The fourth-order valence-corrected chi connectivity index (χ4v) is 3.36. The van der Waals surface area contributed by atoms with Crippen molar-refractivity contribution in [3.05, 3.63) is 23.2 Å². The second kappa shape index (κ2) is 8.41. The second-order valence-corrected chi connectivity index (χ2v) is 6.67. The van der Waals surface area contributed by atoms with Gasteiger partial charge in [-0.2, -0.15) is 0 Å². The van der Waals surface area contributed by atoms with Crippen molar-refractivity contribution < 1.29 is 14.3 Å². The van der Waals surface area contributed by atoms with Crippen molar-refractivity contribution in [2.24, 2.45) is 0 Å². The molecule has 2 amide bonds. The Labute approximate surface area is 139 Å². The van der Waals surface area contributed by atoms with E-state index in [0.717, 1.165) is 17.7 Å².